The predicted molar refractivity (Wildman–Crippen MR) is 252 cm³/mol. The van der Waals surface area contributed by atoms with E-state index in [-0.39, 0.29) is 18.9 Å². The summed E-state index contributed by atoms with van der Waals surface area (Å²) in [6.07, 6.45) is 25.3. The van der Waals surface area contributed by atoms with Crippen molar-refractivity contribution >= 4 is 27.6 Å². The van der Waals surface area contributed by atoms with Crippen LogP contribution in [0.2, 0.25) is 0 Å². The number of unbranched alkanes of at least 4 members (excludes halogenated alkanes) is 12. The Morgan fingerprint density at radius 1 is 0.561 bits per heavy atom. The van der Waals surface area contributed by atoms with Gasteiger partial charge in [0.2, 0.25) is 0 Å². The lowest BCUT2D eigenvalue weighted by molar-refractivity contribution is -0.216. The van der Waals surface area contributed by atoms with Crippen LogP contribution in [0.5, 0.6) is 0 Å². The monoisotopic (exact) mass is 981 g/mol. The molecule has 17 nitrogen and oxygen atoms in total. The summed E-state index contributed by atoms with van der Waals surface area (Å²) in [5, 5.41) is 51.0. The van der Waals surface area contributed by atoms with E-state index in [1.54, 1.807) is 0 Å². The second-order valence-electron chi connectivity index (χ2n) is 16.6. The average Bonchev–Trinajstić information content (AvgIpc) is 3.26. The largest absolute Gasteiger partial charge is 0.472 e. The molecule has 6 unspecified atom stereocenters. The molecule has 1 aliphatic rings. The number of rotatable bonds is 39. The van der Waals surface area contributed by atoms with Crippen LogP contribution in [0.25, 0.3) is 0 Å². The number of phosphoric acid groups is 2. The van der Waals surface area contributed by atoms with Crippen molar-refractivity contribution in [1.29, 1.82) is 0 Å². The van der Waals surface area contributed by atoms with Crippen molar-refractivity contribution in [1.82, 2.24) is 0 Å². The zero-order valence-corrected chi connectivity index (χ0v) is 41.0. The molecular weight excluding hydrogens is 898 g/mol. The van der Waals surface area contributed by atoms with E-state index in [9.17, 15) is 58.9 Å². The Bertz CT molecular complexity index is 1530. The predicted octanol–water partition coefficient (Wildman–Crippen LogP) is 8.03. The Morgan fingerprint density at radius 2 is 1.05 bits per heavy atom. The van der Waals surface area contributed by atoms with E-state index in [4.69, 9.17) is 18.5 Å². The number of aliphatic hydroxyl groups is 5. The quantitative estimate of drug-likeness (QED) is 0.0125. The Hall–Kier alpha value is -2.34. The highest BCUT2D eigenvalue weighted by atomic mass is 31.2. The second kappa shape index (κ2) is 37.5. The molecule has 66 heavy (non-hydrogen) atoms. The fourth-order valence-electron chi connectivity index (χ4n) is 6.98. The smallest absolute Gasteiger partial charge is 0.462 e. The van der Waals surface area contributed by atoms with Crippen molar-refractivity contribution in [2.24, 2.45) is 0 Å². The summed E-state index contributed by atoms with van der Waals surface area (Å²) >= 11 is 0. The van der Waals surface area contributed by atoms with Gasteiger partial charge in [-0.05, 0) is 70.6 Å². The van der Waals surface area contributed by atoms with Crippen molar-refractivity contribution in [3.05, 3.63) is 60.8 Å². The van der Waals surface area contributed by atoms with Crippen molar-refractivity contribution < 1.29 is 82.0 Å². The highest BCUT2D eigenvalue weighted by Gasteiger charge is 2.54. The van der Waals surface area contributed by atoms with E-state index in [0.717, 1.165) is 70.6 Å². The van der Waals surface area contributed by atoms with Crippen LogP contribution in [0.1, 0.15) is 162 Å². The average molecular weight is 981 g/mol. The van der Waals surface area contributed by atoms with Gasteiger partial charge < -0.3 is 49.7 Å². The standard InChI is InChI=1S/C47H82O17P2/c1-3-5-6-7-8-9-10-11-12-15-19-22-25-28-31-35-41(50)62-39(37-61-66(58,59)64-47-44(53)42(51)43(52)46(45(47)54)63-65(55,56)57)36-60-40(49)34-30-27-24-21-18-16-13-14-17-20-23-26-29-33-38(48)32-4-2/h5-6,13,16-17,20-21,24,26,29,38-39,42-48,51-54H,3-4,7-12,14-15,18-19,22-23,25,27-28,30-37H2,1-2H3,(H,58,59)(H2,55,56,57)/b6-5-,16-13-,20-17-,24-21-,29-26-/t38?,39-,42?,43?,44?,45?,46-,47+/m1/s1. The summed E-state index contributed by atoms with van der Waals surface area (Å²) in [7, 11) is -10.7. The minimum absolute atomic E-state index is 0.0222. The van der Waals surface area contributed by atoms with Crippen LogP contribution in [-0.2, 0) is 41.8 Å². The topological polar surface area (TPSA) is 276 Å². The SMILES string of the molecule is CC/C=C\CCCCCCCCCCCCCC(=O)O[C@H](COC(=O)CCC/C=C\C/C=C\C/C=C\C/C=C\CC(O)CCC)COP(=O)(O)O[C@H]1C(O)C(O)C(O)[C@@H](OP(=O)(O)O)C1O. The Balaban J connectivity index is 2.63. The van der Waals surface area contributed by atoms with E-state index < -0.39 is 83.5 Å². The van der Waals surface area contributed by atoms with Gasteiger partial charge in [0.25, 0.3) is 0 Å². The van der Waals surface area contributed by atoms with Crippen LogP contribution < -0.4 is 0 Å². The number of esters is 2. The van der Waals surface area contributed by atoms with Crippen molar-refractivity contribution in [2.45, 2.75) is 210 Å². The molecule has 0 heterocycles. The van der Waals surface area contributed by atoms with Gasteiger partial charge in [0, 0.05) is 12.8 Å². The van der Waals surface area contributed by atoms with E-state index in [2.05, 4.69) is 41.8 Å². The summed E-state index contributed by atoms with van der Waals surface area (Å²) in [5.41, 5.74) is 0. The number of hydrogen-bond acceptors (Lipinski definition) is 14. The maximum atomic E-state index is 13.0. The second-order valence-corrected chi connectivity index (χ2v) is 19.2. The molecule has 1 fully saturated rings. The molecule has 0 saturated heterocycles. The fourth-order valence-corrected chi connectivity index (χ4v) is 8.52. The first-order chi connectivity index (χ1) is 31.5. The fraction of sp³-hybridized carbons (Fsp3) is 0.745. The molecule has 0 spiro atoms. The van der Waals surface area contributed by atoms with Gasteiger partial charge in [0.1, 0.15) is 43.2 Å². The number of carbonyl (C=O) groups is 2. The molecule has 0 aromatic rings. The first-order valence-corrected chi connectivity index (χ1v) is 26.9. The third kappa shape index (κ3) is 31.7. The molecule has 0 radical (unpaired) electrons. The van der Waals surface area contributed by atoms with Crippen molar-refractivity contribution in [3.8, 4) is 0 Å². The molecule has 0 bridgehead atoms. The third-order valence-corrected chi connectivity index (χ3v) is 12.1. The lowest BCUT2D eigenvalue weighted by atomic mass is 9.85. The lowest BCUT2D eigenvalue weighted by Gasteiger charge is -2.43. The molecule has 1 saturated carbocycles. The van der Waals surface area contributed by atoms with Gasteiger partial charge in [0.05, 0.1) is 12.7 Å². The van der Waals surface area contributed by atoms with Gasteiger partial charge >= 0.3 is 27.6 Å². The van der Waals surface area contributed by atoms with Gasteiger partial charge in [-0.25, -0.2) is 9.13 Å². The first kappa shape index (κ1) is 61.7. The summed E-state index contributed by atoms with van der Waals surface area (Å²) in [4.78, 5) is 54.3. The molecule has 0 amide bonds. The van der Waals surface area contributed by atoms with Gasteiger partial charge in [-0.1, -0.05) is 139 Å². The van der Waals surface area contributed by atoms with Gasteiger partial charge in [-0.15, -0.1) is 0 Å². The lowest BCUT2D eigenvalue weighted by Crippen LogP contribution is -2.64. The number of phosphoric ester groups is 2. The molecular formula is C47H82O17P2. The van der Waals surface area contributed by atoms with Crippen LogP contribution in [0, 0.1) is 0 Å². The Morgan fingerprint density at radius 3 is 1.61 bits per heavy atom. The highest BCUT2D eigenvalue weighted by molar-refractivity contribution is 7.47. The van der Waals surface area contributed by atoms with Crippen LogP contribution in [-0.4, -0.2) is 114 Å². The minimum Gasteiger partial charge on any atom is -0.462 e. The van der Waals surface area contributed by atoms with Crippen molar-refractivity contribution in [3.63, 3.8) is 0 Å². The van der Waals surface area contributed by atoms with Crippen LogP contribution in [0.4, 0.5) is 0 Å². The summed E-state index contributed by atoms with van der Waals surface area (Å²) in [6.45, 7) is 2.78. The number of aliphatic hydroxyl groups excluding tert-OH is 5. The van der Waals surface area contributed by atoms with Crippen LogP contribution in [0.3, 0.4) is 0 Å². The number of hydrogen-bond donors (Lipinski definition) is 8. The number of allylic oxidation sites excluding steroid dienone is 9. The Kier molecular flexibility index (Phi) is 35.1. The highest BCUT2D eigenvalue weighted by Crippen LogP contribution is 2.49. The zero-order valence-electron chi connectivity index (χ0n) is 39.2. The molecule has 9 atom stereocenters. The van der Waals surface area contributed by atoms with E-state index in [1.165, 1.54) is 38.5 Å². The summed E-state index contributed by atoms with van der Waals surface area (Å²) in [5.74, 6) is -1.29. The number of ether oxygens (including phenoxy) is 2. The van der Waals surface area contributed by atoms with Gasteiger partial charge in [0.15, 0.2) is 6.10 Å². The Labute approximate surface area is 392 Å². The summed E-state index contributed by atoms with van der Waals surface area (Å²) in [6, 6.07) is 0. The third-order valence-electron chi connectivity index (χ3n) is 10.6. The molecule has 19 heteroatoms. The molecule has 0 aromatic heterocycles. The van der Waals surface area contributed by atoms with Crippen LogP contribution >= 0.6 is 15.6 Å². The van der Waals surface area contributed by atoms with Gasteiger partial charge in [-0.2, -0.15) is 0 Å². The molecule has 1 rings (SSSR count). The van der Waals surface area contributed by atoms with E-state index >= 15 is 0 Å². The minimum atomic E-state index is -5.38. The maximum Gasteiger partial charge on any atom is 0.472 e. The van der Waals surface area contributed by atoms with Crippen LogP contribution in [0.15, 0.2) is 60.8 Å². The van der Waals surface area contributed by atoms with E-state index in [1.807, 2.05) is 37.3 Å². The van der Waals surface area contributed by atoms with Gasteiger partial charge in [-0.3, -0.25) is 23.2 Å². The molecule has 0 aliphatic heterocycles. The van der Waals surface area contributed by atoms with E-state index in [0.29, 0.717) is 25.7 Å². The van der Waals surface area contributed by atoms with Crippen molar-refractivity contribution in [2.75, 3.05) is 13.2 Å². The molecule has 0 aromatic carbocycles. The maximum absolute atomic E-state index is 13.0. The first-order valence-electron chi connectivity index (χ1n) is 23.9. The summed E-state index contributed by atoms with van der Waals surface area (Å²) < 4.78 is 49.3. The number of carbonyl (C=O) groups excluding carboxylic acids is 2. The molecule has 1 aliphatic carbocycles. The zero-order chi connectivity index (χ0) is 49.1. The normalized spacial score (nSPS) is 22.5. The molecule has 382 valence electrons. The molecule has 8 N–H and O–H groups in total.